The Hall–Kier alpha value is -1.87. The minimum Gasteiger partial charge on any atom is -0.460 e. The van der Waals surface area contributed by atoms with E-state index in [-0.39, 0.29) is 11.9 Å². The van der Waals surface area contributed by atoms with E-state index in [4.69, 9.17) is 4.74 Å². The zero-order chi connectivity index (χ0) is 18.9. The summed E-state index contributed by atoms with van der Waals surface area (Å²) < 4.78 is 5.48. The van der Waals surface area contributed by atoms with Gasteiger partial charge in [0.05, 0.1) is 5.60 Å². The van der Waals surface area contributed by atoms with Crippen LogP contribution in [0.4, 0.5) is 0 Å². The fourth-order valence-electron chi connectivity index (χ4n) is 4.26. The number of carbonyl (C=O) groups is 1. The van der Waals surface area contributed by atoms with Crippen LogP contribution in [0.3, 0.4) is 0 Å². The molecule has 3 heteroatoms. The molecule has 0 aliphatic heterocycles. The molecule has 1 N–H and O–H groups in total. The van der Waals surface area contributed by atoms with E-state index in [0.717, 1.165) is 30.2 Å². The van der Waals surface area contributed by atoms with Crippen molar-refractivity contribution >= 4 is 16.7 Å². The van der Waals surface area contributed by atoms with Gasteiger partial charge in [-0.25, -0.2) is 0 Å². The summed E-state index contributed by atoms with van der Waals surface area (Å²) in [5, 5.41) is 13.8. The molecule has 26 heavy (non-hydrogen) atoms. The number of hydrogen-bond donors (Lipinski definition) is 1. The quantitative estimate of drug-likeness (QED) is 0.765. The Bertz CT molecular complexity index is 803. The average molecular weight is 354 g/mol. The lowest BCUT2D eigenvalue weighted by Gasteiger charge is -2.38. The maximum atomic E-state index is 12.2. The standard InChI is InChI=1S/C23H30O3/c1-16-11-12-20(19-10-6-5-9-18(16)19)23(25)13-7-8-17(15-23)14-21(24)26-22(2,3)4/h5-6,9-12,17,25H,7-8,13-15H2,1-4H3. The zero-order valence-corrected chi connectivity index (χ0v) is 16.3. The number of carbonyl (C=O) groups excluding carboxylic acids is 1. The lowest BCUT2D eigenvalue weighted by molar-refractivity contribution is -0.157. The summed E-state index contributed by atoms with van der Waals surface area (Å²) in [6, 6.07) is 12.4. The van der Waals surface area contributed by atoms with Crippen molar-refractivity contribution in [2.24, 2.45) is 5.92 Å². The SMILES string of the molecule is Cc1ccc(C2(O)CCCC(CC(=O)OC(C)(C)C)C2)c2ccccc12. The van der Waals surface area contributed by atoms with Crippen molar-refractivity contribution < 1.29 is 14.6 Å². The average Bonchev–Trinajstić information content (AvgIpc) is 2.53. The van der Waals surface area contributed by atoms with Gasteiger partial charge in [-0.1, -0.05) is 36.4 Å². The maximum Gasteiger partial charge on any atom is 0.306 e. The van der Waals surface area contributed by atoms with E-state index in [2.05, 4.69) is 31.2 Å². The fourth-order valence-corrected chi connectivity index (χ4v) is 4.26. The third-order valence-corrected chi connectivity index (χ3v) is 5.35. The van der Waals surface area contributed by atoms with Crippen molar-refractivity contribution in [2.75, 3.05) is 0 Å². The first-order chi connectivity index (χ1) is 12.2. The zero-order valence-electron chi connectivity index (χ0n) is 16.3. The molecular weight excluding hydrogens is 324 g/mol. The van der Waals surface area contributed by atoms with E-state index in [1.807, 2.05) is 32.9 Å². The highest BCUT2D eigenvalue weighted by Gasteiger charge is 2.38. The predicted octanol–water partition coefficient (Wildman–Crippen LogP) is 5.26. The highest BCUT2D eigenvalue weighted by Crippen LogP contribution is 2.44. The number of ether oxygens (including phenoxy) is 1. The summed E-state index contributed by atoms with van der Waals surface area (Å²) in [5.74, 6) is -0.0100. The van der Waals surface area contributed by atoms with E-state index < -0.39 is 11.2 Å². The topological polar surface area (TPSA) is 46.5 Å². The molecular formula is C23H30O3. The van der Waals surface area contributed by atoms with E-state index in [9.17, 15) is 9.90 Å². The fraction of sp³-hybridized carbons (Fsp3) is 0.522. The molecule has 1 aliphatic carbocycles. The number of esters is 1. The number of benzene rings is 2. The van der Waals surface area contributed by atoms with E-state index >= 15 is 0 Å². The van der Waals surface area contributed by atoms with Gasteiger partial charge in [-0.05, 0) is 81.2 Å². The Labute approximate surface area is 156 Å². The third-order valence-electron chi connectivity index (χ3n) is 5.35. The van der Waals surface area contributed by atoms with Gasteiger partial charge in [0.15, 0.2) is 0 Å². The molecule has 0 heterocycles. The van der Waals surface area contributed by atoms with Gasteiger partial charge in [0.1, 0.15) is 5.60 Å². The summed E-state index contributed by atoms with van der Waals surface area (Å²) in [4.78, 5) is 12.2. The second-order valence-electron chi connectivity index (χ2n) is 8.76. The molecule has 3 rings (SSSR count). The van der Waals surface area contributed by atoms with Gasteiger partial charge < -0.3 is 9.84 Å². The van der Waals surface area contributed by atoms with Crippen molar-refractivity contribution in [3.63, 3.8) is 0 Å². The van der Waals surface area contributed by atoms with Crippen molar-refractivity contribution in [1.29, 1.82) is 0 Å². The molecule has 3 nitrogen and oxygen atoms in total. The molecule has 2 aromatic carbocycles. The van der Waals surface area contributed by atoms with Gasteiger partial charge in [-0.3, -0.25) is 4.79 Å². The molecule has 0 amide bonds. The summed E-state index contributed by atoms with van der Waals surface area (Å²) in [5.41, 5.74) is 0.870. The monoisotopic (exact) mass is 354 g/mol. The lowest BCUT2D eigenvalue weighted by atomic mass is 9.72. The Morgan fingerprint density at radius 1 is 1.19 bits per heavy atom. The number of rotatable bonds is 3. The molecule has 140 valence electrons. The molecule has 0 spiro atoms. The number of aryl methyl sites for hydroxylation is 1. The second kappa shape index (κ2) is 7.03. The smallest absolute Gasteiger partial charge is 0.306 e. The van der Waals surface area contributed by atoms with Gasteiger partial charge in [0, 0.05) is 6.42 Å². The highest BCUT2D eigenvalue weighted by atomic mass is 16.6. The van der Waals surface area contributed by atoms with E-state index in [0.29, 0.717) is 12.8 Å². The van der Waals surface area contributed by atoms with Crippen LogP contribution in [0.25, 0.3) is 10.8 Å². The molecule has 2 unspecified atom stereocenters. The van der Waals surface area contributed by atoms with Crippen LogP contribution >= 0.6 is 0 Å². The minimum absolute atomic E-state index is 0.156. The first kappa shape index (κ1) is 18.9. The number of aliphatic hydroxyl groups is 1. The van der Waals surface area contributed by atoms with Crippen molar-refractivity contribution in [3.8, 4) is 0 Å². The van der Waals surface area contributed by atoms with Crippen LogP contribution in [0.15, 0.2) is 36.4 Å². The molecule has 1 fully saturated rings. The van der Waals surface area contributed by atoms with Crippen LogP contribution in [0.2, 0.25) is 0 Å². The van der Waals surface area contributed by atoms with Gasteiger partial charge in [-0.2, -0.15) is 0 Å². The Kier molecular flexibility index (Phi) is 5.12. The molecule has 1 saturated carbocycles. The van der Waals surface area contributed by atoms with Crippen LogP contribution in [-0.2, 0) is 15.1 Å². The summed E-state index contributed by atoms with van der Waals surface area (Å²) in [6.07, 6.45) is 3.62. The van der Waals surface area contributed by atoms with Crippen LogP contribution < -0.4 is 0 Å². The largest absolute Gasteiger partial charge is 0.460 e. The lowest BCUT2D eigenvalue weighted by Crippen LogP contribution is -2.34. The summed E-state index contributed by atoms with van der Waals surface area (Å²) in [6.45, 7) is 7.77. The number of hydrogen-bond acceptors (Lipinski definition) is 3. The molecule has 0 saturated heterocycles. The molecule has 0 aromatic heterocycles. The van der Waals surface area contributed by atoms with Gasteiger partial charge in [0.25, 0.3) is 0 Å². The Balaban J connectivity index is 1.84. The van der Waals surface area contributed by atoms with Gasteiger partial charge >= 0.3 is 5.97 Å². The molecule has 2 atom stereocenters. The normalized spacial score (nSPS) is 23.8. The van der Waals surface area contributed by atoms with Crippen LogP contribution in [-0.4, -0.2) is 16.7 Å². The number of fused-ring (bicyclic) bond motifs is 1. The highest BCUT2D eigenvalue weighted by molar-refractivity contribution is 5.89. The maximum absolute atomic E-state index is 12.2. The van der Waals surface area contributed by atoms with Gasteiger partial charge in [-0.15, -0.1) is 0 Å². The molecule has 0 bridgehead atoms. The summed E-state index contributed by atoms with van der Waals surface area (Å²) >= 11 is 0. The molecule has 1 aliphatic rings. The van der Waals surface area contributed by atoms with Gasteiger partial charge in [0.2, 0.25) is 0 Å². The molecule has 2 aromatic rings. The Morgan fingerprint density at radius 3 is 2.58 bits per heavy atom. The van der Waals surface area contributed by atoms with Crippen molar-refractivity contribution in [2.45, 2.75) is 71.0 Å². The molecule has 0 radical (unpaired) electrons. The van der Waals surface area contributed by atoms with Crippen LogP contribution in [0.5, 0.6) is 0 Å². The third kappa shape index (κ3) is 4.09. The van der Waals surface area contributed by atoms with E-state index in [1.165, 1.54) is 10.9 Å². The summed E-state index contributed by atoms with van der Waals surface area (Å²) in [7, 11) is 0. The van der Waals surface area contributed by atoms with Crippen LogP contribution in [0, 0.1) is 12.8 Å². The predicted molar refractivity (Wildman–Crippen MR) is 105 cm³/mol. The van der Waals surface area contributed by atoms with E-state index in [1.54, 1.807) is 0 Å². The minimum atomic E-state index is -0.877. The first-order valence-electron chi connectivity index (χ1n) is 9.61. The first-order valence-corrected chi connectivity index (χ1v) is 9.61. The van der Waals surface area contributed by atoms with Crippen molar-refractivity contribution in [3.05, 3.63) is 47.5 Å². The Morgan fingerprint density at radius 2 is 1.88 bits per heavy atom. The second-order valence-corrected chi connectivity index (χ2v) is 8.76. The van der Waals surface area contributed by atoms with Crippen LogP contribution in [0.1, 0.15) is 64.0 Å². The van der Waals surface area contributed by atoms with Crippen molar-refractivity contribution in [1.82, 2.24) is 0 Å².